The first kappa shape index (κ1) is 24.8. The number of benzene rings is 2. The number of rotatable bonds is 12. The summed E-state index contributed by atoms with van der Waals surface area (Å²) in [5.41, 5.74) is 0.295. The Labute approximate surface area is 190 Å². The zero-order valence-corrected chi connectivity index (χ0v) is 18.7. The molecule has 0 aliphatic rings. The number of carbonyl (C=O) groups excluding carboxylic acids is 1. The molecule has 2 atom stereocenters. The van der Waals surface area contributed by atoms with Crippen molar-refractivity contribution < 1.29 is 19.4 Å². The van der Waals surface area contributed by atoms with Crippen LogP contribution < -0.4 is 9.47 Å². The normalized spacial score (nSPS) is 12.2. The maximum atomic E-state index is 12.4. The fourth-order valence-corrected chi connectivity index (χ4v) is 3.60. The van der Waals surface area contributed by atoms with E-state index in [4.69, 9.17) is 9.47 Å². The van der Waals surface area contributed by atoms with E-state index in [1.165, 1.54) is 36.8 Å². The smallest absolute Gasteiger partial charge is 0.343 e. The summed E-state index contributed by atoms with van der Waals surface area (Å²) in [7, 11) is 0. The molecule has 6 nitrogen and oxygen atoms in total. The molecule has 0 fully saturated rings. The second-order valence-electron chi connectivity index (χ2n) is 7.80. The lowest BCUT2D eigenvalue weighted by molar-refractivity contribution is 0.0729. The molecule has 0 aromatic heterocycles. The largest absolute Gasteiger partial charge is 0.504 e. The Bertz CT molecular complexity index is 975. The van der Waals surface area contributed by atoms with Crippen LogP contribution in [0.1, 0.15) is 74.7 Å². The van der Waals surface area contributed by atoms with E-state index in [0.717, 1.165) is 32.1 Å². The van der Waals surface area contributed by atoms with E-state index in [-0.39, 0.29) is 28.4 Å². The summed E-state index contributed by atoms with van der Waals surface area (Å²) in [5.74, 6) is -0.161. The van der Waals surface area contributed by atoms with Crippen molar-refractivity contribution in [3.63, 3.8) is 0 Å². The molecule has 2 rings (SSSR count). The molecule has 6 heteroatoms. The van der Waals surface area contributed by atoms with Crippen LogP contribution >= 0.6 is 0 Å². The van der Waals surface area contributed by atoms with Crippen LogP contribution in [-0.2, 0) is 0 Å². The number of hydrogen-bond acceptors (Lipinski definition) is 6. The molecule has 0 heterocycles. The van der Waals surface area contributed by atoms with Crippen LogP contribution in [0.15, 0.2) is 42.5 Å². The zero-order valence-electron chi connectivity index (χ0n) is 18.7. The molecule has 0 saturated heterocycles. The minimum Gasteiger partial charge on any atom is -0.504 e. The van der Waals surface area contributed by atoms with Crippen molar-refractivity contribution in [2.24, 2.45) is 5.92 Å². The summed E-state index contributed by atoms with van der Waals surface area (Å²) in [6.07, 6.45) is 6.55. The SMILES string of the molecule is CCCCCC(CCC)CC(C#N)Oc1ccc(C(=O)Oc2ccccc2O)cc1C#N. The Morgan fingerprint density at radius 2 is 1.81 bits per heavy atom. The summed E-state index contributed by atoms with van der Waals surface area (Å²) in [4.78, 5) is 12.4. The number of carbonyl (C=O) groups is 1. The lowest BCUT2D eigenvalue weighted by Crippen LogP contribution is -2.20. The first-order valence-electron chi connectivity index (χ1n) is 11.1. The monoisotopic (exact) mass is 434 g/mol. The molecule has 2 unspecified atom stereocenters. The Balaban J connectivity index is 2.10. The Morgan fingerprint density at radius 1 is 1.03 bits per heavy atom. The number of hydrogen-bond donors (Lipinski definition) is 1. The van der Waals surface area contributed by atoms with Crippen LogP contribution in [0.3, 0.4) is 0 Å². The third-order valence-electron chi connectivity index (χ3n) is 5.28. The van der Waals surface area contributed by atoms with E-state index in [9.17, 15) is 20.4 Å². The molecule has 0 radical (unpaired) electrons. The number of nitrogens with zero attached hydrogens (tertiary/aromatic N) is 2. The first-order chi connectivity index (χ1) is 15.5. The van der Waals surface area contributed by atoms with Gasteiger partial charge in [-0.25, -0.2) is 4.79 Å². The van der Waals surface area contributed by atoms with Crippen molar-refractivity contribution in [3.05, 3.63) is 53.6 Å². The number of nitriles is 2. The highest BCUT2D eigenvalue weighted by Crippen LogP contribution is 2.28. The van der Waals surface area contributed by atoms with Crippen LogP contribution in [-0.4, -0.2) is 17.2 Å². The van der Waals surface area contributed by atoms with E-state index in [1.54, 1.807) is 12.1 Å². The van der Waals surface area contributed by atoms with Gasteiger partial charge in [-0.2, -0.15) is 10.5 Å². The van der Waals surface area contributed by atoms with Crippen molar-refractivity contribution in [2.75, 3.05) is 0 Å². The van der Waals surface area contributed by atoms with Gasteiger partial charge >= 0.3 is 5.97 Å². The Hall–Kier alpha value is -3.51. The number of aromatic hydroxyl groups is 1. The highest BCUT2D eigenvalue weighted by Gasteiger charge is 2.20. The number of phenolic OH excluding ortho intramolecular Hbond substituents is 1. The lowest BCUT2D eigenvalue weighted by atomic mass is 9.91. The minimum atomic E-state index is -0.703. The predicted octanol–water partition coefficient (Wildman–Crippen LogP) is 6.14. The molecule has 2 aromatic carbocycles. The van der Waals surface area contributed by atoms with Crippen molar-refractivity contribution >= 4 is 5.97 Å². The van der Waals surface area contributed by atoms with Crippen LogP contribution in [0.5, 0.6) is 17.2 Å². The molecule has 0 aliphatic heterocycles. The topological polar surface area (TPSA) is 103 Å². The van der Waals surface area contributed by atoms with Crippen LogP contribution in [0.4, 0.5) is 0 Å². The van der Waals surface area contributed by atoms with Crippen molar-refractivity contribution in [3.8, 4) is 29.4 Å². The Kier molecular flexibility index (Phi) is 10.1. The summed E-state index contributed by atoms with van der Waals surface area (Å²) in [5, 5.41) is 28.9. The van der Waals surface area contributed by atoms with Crippen molar-refractivity contribution in [2.45, 2.75) is 64.9 Å². The maximum Gasteiger partial charge on any atom is 0.343 e. The molecule has 0 spiro atoms. The van der Waals surface area contributed by atoms with Gasteiger partial charge in [-0.1, -0.05) is 64.5 Å². The number of unbranched alkanes of at least 4 members (excludes halogenated alkanes) is 2. The highest BCUT2D eigenvalue weighted by atomic mass is 16.5. The fraction of sp³-hybridized carbons (Fsp3) is 0.423. The molecule has 0 amide bonds. The van der Waals surface area contributed by atoms with Gasteiger partial charge in [0.1, 0.15) is 17.9 Å². The van der Waals surface area contributed by atoms with E-state index in [0.29, 0.717) is 12.3 Å². The summed E-state index contributed by atoms with van der Waals surface area (Å²) in [6.45, 7) is 4.30. The maximum absolute atomic E-state index is 12.4. The molecule has 0 aliphatic carbocycles. The van der Waals surface area contributed by atoms with Crippen LogP contribution in [0.25, 0.3) is 0 Å². The highest BCUT2D eigenvalue weighted by molar-refractivity contribution is 5.92. The minimum absolute atomic E-state index is 0.0333. The lowest BCUT2D eigenvalue weighted by Gasteiger charge is -2.20. The zero-order chi connectivity index (χ0) is 23.3. The molecule has 0 bridgehead atoms. The van der Waals surface area contributed by atoms with Gasteiger partial charge in [-0.05, 0) is 36.2 Å². The van der Waals surface area contributed by atoms with Gasteiger partial charge in [0, 0.05) is 6.42 Å². The van der Waals surface area contributed by atoms with E-state index in [1.807, 2.05) is 6.07 Å². The molecule has 32 heavy (non-hydrogen) atoms. The third kappa shape index (κ3) is 7.32. The standard InChI is InChI=1S/C26H30N2O4/c1-3-5-6-10-19(9-4-2)15-22(18-28)31-24-14-13-20(16-21(24)17-27)26(30)32-25-12-8-7-11-23(25)29/h7-8,11-14,16,19,22,29H,3-6,9-10,15H2,1-2H3. The first-order valence-corrected chi connectivity index (χ1v) is 11.1. The van der Waals surface area contributed by atoms with E-state index in [2.05, 4.69) is 19.9 Å². The Morgan fingerprint density at radius 3 is 2.47 bits per heavy atom. The fourth-order valence-electron chi connectivity index (χ4n) is 3.60. The summed E-state index contributed by atoms with van der Waals surface area (Å²) in [6, 6.07) is 14.7. The van der Waals surface area contributed by atoms with Crippen LogP contribution in [0.2, 0.25) is 0 Å². The third-order valence-corrected chi connectivity index (χ3v) is 5.28. The molecule has 2 aromatic rings. The molecule has 168 valence electrons. The van der Waals surface area contributed by atoms with E-state index < -0.39 is 12.1 Å². The summed E-state index contributed by atoms with van der Waals surface area (Å²) >= 11 is 0. The second kappa shape index (κ2) is 13.0. The van der Waals surface area contributed by atoms with Gasteiger partial charge in [-0.15, -0.1) is 0 Å². The predicted molar refractivity (Wildman–Crippen MR) is 121 cm³/mol. The number of esters is 1. The molecule has 0 saturated carbocycles. The van der Waals surface area contributed by atoms with Crippen molar-refractivity contribution in [1.29, 1.82) is 10.5 Å². The summed E-state index contributed by atoms with van der Waals surface area (Å²) < 4.78 is 11.1. The van der Waals surface area contributed by atoms with Gasteiger partial charge in [0.15, 0.2) is 17.6 Å². The molecule has 1 N–H and O–H groups in total. The number of para-hydroxylation sites is 2. The van der Waals surface area contributed by atoms with Gasteiger partial charge < -0.3 is 14.6 Å². The van der Waals surface area contributed by atoms with Gasteiger partial charge in [0.25, 0.3) is 0 Å². The average Bonchev–Trinajstić information content (AvgIpc) is 2.80. The number of phenols is 1. The second-order valence-corrected chi connectivity index (χ2v) is 7.80. The van der Waals surface area contributed by atoms with Gasteiger partial charge in [0.05, 0.1) is 11.1 Å². The van der Waals surface area contributed by atoms with Crippen molar-refractivity contribution in [1.82, 2.24) is 0 Å². The van der Waals surface area contributed by atoms with Gasteiger partial charge in [-0.3, -0.25) is 0 Å². The quantitative estimate of drug-likeness (QED) is 0.244. The molecular weight excluding hydrogens is 404 g/mol. The van der Waals surface area contributed by atoms with E-state index >= 15 is 0 Å². The number of ether oxygens (including phenoxy) is 2. The van der Waals surface area contributed by atoms with Gasteiger partial charge in [0.2, 0.25) is 0 Å². The van der Waals surface area contributed by atoms with Crippen LogP contribution in [0, 0.1) is 28.6 Å². The molecular formula is C26H30N2O4. The average molecular weight is 435 g/mol.